The van der Waals surface area contributed by atoms with Gasteiger partial charge in [-0.2, -0.15) is 18.4 Å². The van der Waals surface area contributed by atoms with Gasteiger partial charge in [0, 0.05) is 11.1 Å². The lowest BCUT2D eigenvalue weighted by Crippen LogP contribution is -2.55. The Balaban J connectivity index is 1.66. The molecule has 0 N–H and O–H groups in total. The number of carbonyl (C=O) groups is 1. The molecule has 5 rings (SSSR count). The Morgan fingerprint density at radius 3 is 2.53 bits per heavy atom. The van der Waals surface area contributed by atoms with Gasteiger partial charge in [0.2, 0.25) is 0 Å². The minimum Gasteiger partial charge on any atom is -0.327 e. The van der Waals surface area contributed by atoms with E-state index < -0.39 is 28.5 Å². The Hall–Kier alpha value is -3.25. The second kappa shape index (κ2) is 7.14. The van der Waals surface area contributed by atoms with Crippen LogP contribution in [0.1, 0.15) is 30.5 Å². The van der Waals surface area contributed by atoms with Gasteiger partial charge in [-0.1, -0.05) is 36.4 Å². The number of fused-ring (bicyclic) bond motifs is 1. The Morgan fingerprint density at radius 2 is 1.88 bits per heavy atom. The van der Waals surface area contributed by atoms with Gasteiger partial charge in [0.1, 0.15) is 11.6 Å². The molecule has 9 heteroatoms. The van der Waals surface area contributed by atoms with Crippen LogP contribution in [0.25, 0.3) is 10.8 Å². The van der Waals surface area contributed by atoms with E-state index in [9.17, 15) is 18.0 Å². The molecule has 1 saturated carbocycles. The van der Waals surface area contributed by atoms with Crippen LogP contribution in [0.2, 0.25) is 0 Å². The number of pyridine rings is 1. The van der Waals surface area contributed by atoms with Crippen molar-refractivity contribution in [3.05, 3.63) is 66.0 Å². The van der Waals surface area contributed by atoms with Crippen LogP contribution < -0.4 is 9.80 Å². The molecule has 1 saturated heterocycles. The summed E-state index contributed by atoms with van der Waals surface area (Å²) in [4.78, 5) is 20.5. The van der Waals surface area contributed by atoms with Crippen molar-refractivity contribution < 1.29 is 18.0 Å². The van der Waals surface area contributed by atoms with Crippen molar-refractivity contribution in [2.45, 2.75) is 36.5 Å². The van der Waals surface area contributed by atoms with Crippen LogP contribution in [0, 0.1) is 11.3 Å². The van der Waals surface area contributed by atoms with Crippen LogP contribution in [-0.2, 0) is 11.0 Å². The van der Waals surface area contributed by atoms with Crippen molar-refractivity contribution in [1.82, 2.24) is 4.98 Å². The number of aromatic nitrogens is 1. The van der Waals surface area contributed by atoms with Crippen LogP contribution in [-0.4, -0.2) is 21.9 Å². The van der Waals surface area contributed by atoms with E-state index in [1.807, 2.05) is 47.4 Å². The molecule has 1 unspecified atom stereocenters. The number of hydrogen-bond acceptors (Lipinski definition) is 5. The summed E-state index contributed by atoms with van der Waals surface area (Å²) in [5.41, 5.74) is -2.83. The predicted molar refractivity (Wildman–Crippen MR) is 117 cm³/mol. The lowest BCUT2D eigenvalue weighted by atomic mass is 9.75. The Kier molecular flexibility index (Phi) is 4.60. The van der Waals surface area contributed by atoms with E-state index in [1.165, 1.54) is 11.0 Å². The van der Waals surface area contributed by atoms with Gasteiger partial charge < -0.3 is 4.90 Å². The monoisotopic (exact) mass is 454 g/mol. The molecule has 1 aliphatic heterocycles. The van der Waals surface area contributed by atoms with Crippen LogP contribution in [0.15, 0.2) is 54.7 Å². The van der Waals surface area contributed by atoms with Crippen molar-refractivity contribution in [1.29, 1.82) is 5.26 Å². The maximum atomic E-state index is 13.6. The first kappa shape index (κ1) is 20.6. The number of anilines is 2. The van der Waals surface area contributed by atoms with E-state index in [1.54, 1.807) is 0 Å². The van der Waals surface area contributed by atoms with Crippen molar-refractivity contribution in [3.8, 4) is 6.07 Å². The van der Waals surface area contributed by atoms with Crippen LogP contribution in [0.4, 0.5) is 24.5 Å². The minimum absolute atomic E-state index is 0.0321. The van der Waals surface area contributed by atoms with Crippen molar-refractivity contribution >= 4 is 40.7 Å². The number of benzene rings is 2. The highest BCUT2D eigenvalue weighted by Gasteiger charge is 2.60. The maximum absolute atomic E-state index is 13.6. The molecule has 0 radical (unpaired) electrons. The van der Waals surface area contributed by atoms with E-state index in [-0.39, 0.29) is 11.6 Å². The molecule has 1 spiro atoms. The standard InChI is InChI=1S/C23H17F3N4OS/c24-23(25,26)17-11-15(13-28-18(17)12-27)29-20(31)22(9-4-10-22)30(21(29)32)19-8-3-6-14-5-1-2-7-16(14)19/h1-3,5-8,11,13,21,32H,4,9-10H2. The number of amides is 1. The Morgan fingerprint density at radius 1 is 1.16 bits per heavy atom. The highest BCUT2D eigenvalue weighted by Crippen LogP contribution is 2.51. The molecule has 1 aliphatic carbocycles. The van der Waals surface area contributed by atoms with Gasteiger partial charge in [0.05, 0.1) is 17.4 Å². The molecule has 1 amide bonds. The van der Waals surface area contributed by atoms with Gasteiger partial charge in [-0.3, -0.25) is 9.69 Å². The fraction of sp³-hybridized carbons (Fsp3) is 0.261. The number of rotatable bonds is 2. The molecule has 1 aromatic heterocycles. The number of nitrogens with zero attached hydrogens (tertiary/aromatic N) is 4. The molecule has 2 aliphatic rings. The zero-order valence-corrected chi connectivity index (χ0v) is 17.6. The molecular formula is C23H17F3N4OS. The SMILES string of the molecule is N#Cc1ncc(N2C(=O)C3(CCC3)N(c3cccc4ccccc34)C2S)cc1C(F)(F)F. The molecule has 2 fully saturated rings. The average molecular weight is 454 g/mol. The third-order valence-electron chi connectivity index (χ3n) is 6.31. The molecule has 162 valence electrons. The van der Waals surface area contributed by atoms with E-state index in [2.05, 4.69) is 4.98 Å². The van der Waals surface area contributed by atoms with Crippen LogP contribution in [0.3, 0.4) is 0 Å². The summed E-state index contributed by atoms with van der Waals surface area (Å²) < 4.78 is 40.6. The van der Waals surface area contributed by atoms with Gasteiger partial charge in [-0.25, -0.2) is 4.98 Å². The topological polar surface area (TPSA) is 60.2 Å². The summed E-state index contributed by atoms with van der Waals surface area (Å²) in [6.45, 7) is 0. The molecule has 2 heterocycles. The van der Waals surface area contributed by atoms with Gasteiger partial charge in [0.25, 0.3) is 5.91 Å². The summed E-state index contributed by atoms with van der Waals surface area (Å²) in [5, 5.41) is 11.0. The largest absolute Gasteiger partial charge is 0.419 e. The summed E-state index contributed by atoms with van der Waals surface area (Å²) in [5.74, 6) is -0.309. The molecule has 32 heavy (non-hydrogen) atoms. The number of thiol groups is 1. The summed E-state index contributed by atoms with van der Waals surface area (Å²) >= 11 is 4.70. The number of alkyl halides is 3. The minimum atomic E-state index is -4.77. The Labute approximate surface area is 187 Å². The summed E-state index contributed by atoms with van der Waals surface area (Å²) in [6, 6.07) is 15.8. The smallest absolute Gasteiger partial charge is 0.327 e. The maximum Gasteiger partial charge on any atom is 0.419 e. The third kappa shape index (κ3) is 2.86. The number of nitriles is 1. The first-order valence-corrected chi connectivity index (χ1v) is 10.6. The lowest BCUT2D eigenvalue weighted by molar-refractivity contribution is -0.138. The summed E-state index contributed by atoms with van der Waals surface area (Å²) in [7, 11) is 0. The molecule has 2 aromatic carbocycles. The van der Waals surface area contributed by atoms with E-state index in [4.69, 9.17) is 17.9 Å². The van der Waals surface area contributed by atoms with Gasteiger partial charge in [0.15, 0.2) is 11.2 Å². The average Bonchev–Trinajstić information content (AvgIpc) is 2.99. The molecular weight excluding hydrogens is 437 g/mol. The molecule has 5 nitrogen and oxygen atoms in total. The van der Waals surface area contributed by atoms with Crippen molar-refractivity contribution in [2.75, 3.05) is 9.80 Å². The molecule has 3 aromatic rings. The van der Waals surface area contributed by atoms with Crippen LogP contribution in [0.5, 0.6) is 0 Å². The lowest BCUT2D eigenvalue weighted by Gasteiger charge is -2.45. The first-order chi connectivity index (χ1) is 15.3. The fourth-order valence-electron chi connectivity index (χ4n) is 4.65. The van der Waals surface area contributed by atoms with Crippen LogP contribution >= 0.6 is 12.6 Å². The molecule has 0 bridgehead atoms. The highest BCUT2D eigenvalue weighted by atomic mass is 32.1. The second-order valence-corrected chi connectivity index (χ2v) is 8.44. The summed E-state index contributed by atoms with van der Waals surface area (Å²) in [6.07, 6.45) is -1.64. The van der Waals surface area contributed by atoms with Crippen molar-refractivity contribution in [3.63, 3.8) is 0 Å². The zero-order valence-electron chi connectivity index (χ0n) is 16.7. The van der Waals surface area contributed by atoms with E-state index in [0.29, 0.717) is 12.8 Å². The predicted octanol–water partition coefficient (Wildman–Crippen LogP) is 5.11. The van der Waals surface area contributed by atoms with Gasteiger partial charge >= 0.3 is 6.18 Å². The fourth-order valence-corrected chi connectivity index (χ4v) is 5.23. The number of halogens is 3. The second-order valence-electron chi connectivity index (χ2n) is 7.97. The Bertz CT molecular complexity index is 1280. The number of carbonyl (C=O) groups excluding carboxylic acids is 1. The first-order valence-electron chi connectivity index (χ1n) is 10.0. The van der Waals surface area contributed by atoms with Gasteiger partial charge in [-0.05, 0) is 36.8 Å². The van der Waals surface area contributed by atoms with Gasteiger partial charge in [-0.15, -0.1) is 12.6 Å². The quantitative estimate of drug-likeness (QED) is 0.547. The highest BCUT2D eigenvalue weighted by molar-refractivity contribution is 7.81. The zero-order chi connectivity index (χ0) is 22.7. The third-order valence-corrected chi connectivity index (χ3v) is 6.77. The normalized spacial score (nSPS) is 20.0. The van der Waals surface area contributed by atoms with Crippen molar-refractivity contribution in [2.24, 2.45) is 0 Å². The number of hydrogen-bond donors (Lipinski definition) is 1. The van der Waals surface area contributed by atoms with E-state index in [0.717, 1.165) is 35.1 Å². The molecule has 1 atom stereocenters. The van der Waals surface area contributed by atoms with E-state index >= 15 is 0 Å².